The van der Waals surface area contributed by atoms with Crippen molar-refractivity contribution in [2.45, 2.75) is 33.2 Å². The van der Waals surface area contributed by atoms with Gasteiger partial charge in [0.05, 0.1) is 13.2 Å². The number of nitrogens with zero attached hydrogens (tertiary/aromatic N) is 2. The second-order valence-corrected chi connectivity index (χ2v) is 6.12. The van der Waals surface area contributed by atoms with E-state index in [1.54, 1.807) is 0 Å². The Balaban J connectivity index is 0.00000324. The van der Waals surface area contributed by atoms with Crippen molar-refractivity contribution in [2.75, 3.05) is 39.4 Å². The standard InChI is InChI=1S/C13H28N4O.HI/c1-11(10-17-5-7-18-8-6-17)9-15-12(14)16-13(2,3)4;/h11H,5-10H2,1-4H3,(H3,14,15,16);1H. The molecule has 1 heterocycles. The van der Waals surface area contributed by atoms with Crippen LogP contribution in [0.15, 0.2) is 4.99 Å². The first-order valence-corrected chi connectivity index (χ1v) is 6.75. The summed E-state index contributed by atoms with van der Waals surface area (Å²) in [6.45, 7) is 14.0. The minimum atomic E-state index is -0.0268. The van der Waals surface area contributed by atoms with Gasteiger partial charge in [0, 0.05) is 31.7 Å². The average molecular weight is 384 g/mol. The Morgan fingerprint density at radius 3 is 2.47 bits per heavy atom. The van der Waals surface area contributed by atoms with E-state index in [1.807, 2.05) is 0 Å². The molecule has 1 unspecified atom stereocenters. The van der Waals surface area contributed by atoms with Gasteiger partial charge in [-0.1, -0.05) is 6.92 Å². The van der Waals surface area contributed by atoms with E-state index in [9.17, 15) is 0 Å². The molecule has 0 spiro atoms. The summed E-state index contributed by atoms with van der Waals surface area (Å²) >= 11 is 0. The van der Waals surface area contributed by atoms with Crippen LogP contribution < -0.4 is 11.1 Å². The van der Waals surface area contributed by atoms with E-state index >= 15 is 0 Å². The first-order chi connectivity index (χ1) is 8.37. The zero-order valence-corrected chi connectivity index (χ0v) is 14.9. The number of aliphatic imine (C=N–C) groups is 1. The molecule has 0 amide bonds. The van der Waals surface area contributed by atoms with E-state index in [0.717, 1.165) is 39.4 Å². The molecule has 0 aromatic rings. The normalized spacial score (nSPS) is 19.7. The van der Waals surface area contributed by atoms with Gasteiger partial charge < -0.3 is 15.8 Å². The van der Waals surface area contributed by atoms with Gasteiger partial charge in [-0.15, -0.1) is 24.0 Å². The third-order valence-electron chi connectivity index (χ3n) is 2.75. The summed E-state index contributed by atoms with van der Waals surface area (Å²) in [6.07, 6.45) is 0. The molecule has 1 aliphatic heterocycles. The van der Waals surface area contributed by atoms with Gasteiger partial charge in [-0.25, -0.2) is 0 Å². The first kappa shape index (κ1) is 18.9. The Bertz CT molecular complexity index is 272. The van der Waals surface area contributed by atoms with E-state index < -0.39 is 0 Å². The summed E-state index contributed by atoms with van der Waals surface area (Å²) < 4.78 is 5.34. The van der Waals surface area contributed by atoms with Gasteiger partial charge in [-0.2, -0.15) is 0 Å². The monoisotopic (exact) mass is 384 g/mol. The highest BCUT2D eigenvalue weighted by atomic mass is 127. The topological polar surface area (TPSA) is 62.9 Å². The molecule has 0 saturated carbocycles. The van der Waals surface area contributed by atoms with E-state index in [4.69, 9.17) is 10.5 Å². The maximum atomic E-state index is 5.85. The largest absolute Gasteiger partial charge is 0.379 e. The molecular formula is C13H29IN4O. The van der Waals surface area contributed by atoms with E-state index in [-0.39, 0.29) is 29.5 Å². The van der Waals surface area contributed by atoms with Crippen molar-refractivity contribution >= 4 is 29.9 Å². The molecule has 1 saturated heterocycles. The number of nitrogens with two attached hydrogens (primary N) is 1. The fraction of sp³-hybridized carbons (Fsp3) is 0.923. The summed E-state index contributed by atoms with van der Waals surface area (Å²) in [5.41, 5.74) is 5.82. The number of halogens is 1. The van der Waals surface area contributed by atoms with Gasteiger partial charge in [0.1, 0.15) is 0 Å². The van der Waals surface area contributed by atoms with Crippen LogP contribution in [0.4, 0.5) is 0 Å². The summed E-state index contributed by atoms with van der Waals surface area (Å²) in [7, 11) is 0. The zero-order valence-electron chi connectivity index (χ0n) is 12.6. The van der Waals surface area contributed by atoms with Crippen molar-refractivity contribution in [3.8, 4) is 0 Å². The van der Waals surface area contributed by atoms with E-state index in [1.165, 1.54) is 0 Å². The van der Waals surface area contributed by atoms with Gasteiger partial charge in [0.25, 0.3) is 0 Å². The van der Waals surface area contributed by atoms with Crippen LogP contribution in [0.3, 0.4) is 0 Å². The molecule has 19 heavy (non-hydrogen) atoms. The van der Waals surface area contributed by atoms with Gasteiger partial charge in [-0.05, 0) is 26.7 Å². The number of ether oxygens (including phenoxy) is 1. The smallest absolute Gasteiger partial charge is 0.188 e. The summed E-state index contributed by atoms with van der Waals surface area (Å²) in [5.74, 6) is 1.06. The van der Waals surface area contributed by atoms with Gasteiger partial charge >= 0.3 is 0 Å². The summed E-state index contributed by atoms with van der Waals surface area (Å²) in [4.78, 5) is 6.83. The van der Waals surface area contributed by atoms with Gasteiger partial charge in [0.2, 0.25) is 0 Å². The lowest BCUT2D eigenvalue weighted by Gasteiger charge is -2.28. The Morgan fingerprint density at radius 1 is 1.37 bits per heavy atom. The molecule has 3 N–H and O–H groups in total. The van der Waals surface area contributed by atoms with Crippen LogP contribution in [0.25, 0.3) is 0 Å². The van der Waals surface area contributed by atoms with E-state index in [0.29, 0.717) is 11.9 Å². The van der Waals surface area contributed by atoms with Gasteiger partial charge in [-0.3, -0.25) is 9.89 Å². The van der Waals surface area contributed by atoms with Crippen molar-refractivity contribution in [1.29, 1.82) is 0 Å². The van der Waals surface area contributed by atoms with Crippen molar-refractivity contribution < 1.29 is 4.74 Å². The Hall–Kier alpha value is -0.0800. The van der Waals surface area contributed by atoms with Crippen LogP contribution >= 0.6 is 24.0 Å². The highest BCUT2D eigenvalue weighted by molar-refractivity contribution is 14.0. The minimum Gasteiger partial charge on any atom is -0.379 e. The number of nitrogens with one attached hydrogen (secondary N) is 1. The van der Waals surface area contributed by atoms with Crippen molar-refractivity contribution in [3.05, 3.63) is 0 Å². The average Bonchev–Trinajstić information content (AvgIpc) is 2.25. The highest BCUT2D eigenvalue weighted by Gasteiger charge is 2.14. The van der Waals surface area contributed by atoms with Crippen LogP contribution in [-0.4, -0.2) is 55.8 Å². The SMILES string of the molecule is CC(CN=C(N)NC(C)(C)C)CN1CCOCC1.I. The molecule has 6 heteroatoms. The molecular weight excluding hydrogens is 355 g/mol. The van der Waals surface area contributed by atoms with Crippen molar-refractivity contribution in [3.63, 3.8) is 0 Å². The lowest BCUT2D eigenvalue weighted by Crippen LogP contribution is -2.45. The summed E-state index contributed by atoms with van der Waals surface area (Å²) in [6, 6.07) is 0. The molecule has 0 bridgehead atoms. The second-order valence-electron chi connectivity index (χ2n) is 6.12. The molecule has 114 valence electrons. The maximum Gasteiger partial charge on any atom is 0.188 e. The zero-order chi connectivity index (χ0) is 13.6. The predicted octanol–water partition coefficient (Wildman–Crippen LogP) is 1.28. The quantitative estimate of drug-likeness (QED) is 0.436. The number of hydrogen-bond acceptors (Lipinski definition) is 3. The lowest BCUT2D eigenvalue weighted by atomic mass is 10.1. The third-order valence-corrected chi connectivity index (χ3v) is 2.75. The predicted molar refractivity (Wildman–Crippen MR) is 91.2 cm³/mol. The van der Waals surface area contributed by atoms with Crippen molar-refractivity contribution in [2.24, 2.45) is 16.6 Å². The second kappa shape index (κ2) is 8.97. The van der Waals surface area contributed by atoms with Crippen molar-refractivity contribution in [1.82, 2.24) is 10.2 Å². The molecule has 5 nitrogen and oxygen atoms in total. The number of guanidine groups is 1. The molecule has 0 aromatic heterocycles. The fourth-order valence-corrected chi connectivity index (χ4v) is 1.96. The Morgan fingerprint density at radius 2 is 1.95 bits per heavy atom. The number of hydrogen-bond donors (Lipinski definition) is 2. The Labute approximate surface area is 134 Å². The van der Waals surface area contributed by atoms with Crippen LogP contribution in [0, 0.1) is 5.92 Å². The van der Waals surface area contributed by atoms with Crippen LogP contribution in [0.5, 0.6) is 0 Å². The minimum absolute atomic E-state index is 0. The lowest BCUT2D eigenvalue weighted by molar-refractivity contribution is 0.0323. The molecule has 0 radical (unpaired) electrons. The van der Waals surface area contributed by atoms with Crippen LogP contribution in [-0.2, 0) is 4.74 Å². The maximum absolute atomic E-state index is 5.85. The number of morpholine rings is 1. The Kier molecular flexibility index (Phi) is 8.93. The molecule has 0 aliphatic carbocycles. The molecule has 1 rings (SSSR count). The number of rotatable bonds is 4. The summed E-state index contributed by atoms with van der Waals surface area (Å²) in [5, 5.41) is 3.17. The fourth-order valence-electron chi connectivity index (χ4n) is 1.96. The van der Waals surface area contributed by atoms with Crippen LogP contribution in [0.2, 0.25) is 0 Å². The molecule has 1 atom stereocenters. The molecule has 1 aliphatic rings. The highest BCUT2D eigenvalue weighted by Crippen LogP contribution is 2.04. The third kappa shape index (κ3) is 9.45. The van der Waals surface area contributed by atoms with Crippen LogP contribution in [0.1, 0.15) is 27.7 Å². The van der Waals surface area contributed by atoms with Gasteiger partial charge in [0.15, 0.2) is 5.96 Å². The van der Waals surface area contributed by atoms with E-state index in [2.05, 4.69) is 42.9 Å². The first-order valence-electron chi connectivity index (χ1n) is 6.75. The molecule has 0 aromatic carbocycles. The molecule has 1 fully saturated rings.